The SMILES string of the molecule is CCc1cc(CC(O)(CC)c2ccccc2F)n(CC)n1. The largest absolute Gasteiger partial charge is 0.385 e. The number of rotatable bonds is 6. The molecule has 0 bridgehead atoms. The first-order valence-corrected chi connectivity index (χ1v) is 7.57. The highest BCUT2D eigenvalue weighted by molar-refractivity contribution is 5.27. The fourth-order valence-corrected chi connectivity index (χ4v) is 2.65. The van der Waals surface area contributed by atoms with E-state index in [2.05, 4.69) is 12.0 Å². The summed E-state index contributed by atoms with van der Waals surface area (Å²) < 4.78 is 15.9. The molecule has 4 heteroatoms. The number of aryl methyl sites for hydroxylation is 2. The molecule has 1 heterocycles. The van der Waals surface area contributed by atoms with E-state index in [1.165, 1.54) is 6.07 Å². The van der Waals surface area contributed by atoms with Gasteiger partial charge in [-0.3, -0.25) is 4.68 Å². The highest BCUT2D eigenvalue weighted by Gasteiger charge is 2.31. The standard InChI is InChI=1S/C17H23FN2O/c1-4-13-11-14(20(6-3)19-13)12-17(21,5-2)15-9-7-8-10-16(15)18/h7-11,21H,4-6,12H2,1-3H3. The second-order valence-corrected chi connectivity index (χ2v) is 5.34. The van der Waals surface area contributed by atoms with Crippen molar-refractivity contribution in [2.24, 2.45) is 0 Å². The van der Waals surface area contributed by atoms with Crippen LogP contribution in [-0.2, 0) is 25.0 Å². The maximum absolute atomic E-state index is 14.0. The molecule has 0 saturated carbocycles. The monoisotopic (exact) mass is 290 g/mol. The zero-order valence-electron chi connectivity index (χ0n) is 12.9. The van der Waals surface area contributed by atoms with Crippen molar-refractivity contribution >= 4 is 0 Å². The van der Waals surface area contributed by atoms with Crippen molar-refractivity contribution in [2.45, 2.75) is 52.2 Å². The van der Waals surface area contributed by atoms with Crippen LogP contribution < -0.4 is 0 Å². The minimum absolute atomic E-state index is 0.356. The Balaban J connectivity index is 2.38. The highest BCUT2D eigenvalue weighted by Crippen LogP contribution is 2.31. The van der Waals surface area contributed by atoms with Gasteiger partial charge in [0.2, 0.25) is 0 Å². The average molecular weight is 290 g/mol. The number of aromatic nitrogens is 2. The molecule has 1 N–H and O–H groups in total. The average Bonchev–Trinajstić information content (AvgIpc) is 2.89. The van der Waals surface area contributed by atoms with Crippen LogP contribution in [0.2, 0.25) is 0 Å². The van der Waals surface area contributed by atoms with Gasteiger partial charge in [0.15, 0.2) is 0 Å². The fraction of sp³-hybridized carbons (Fsp3) is 0.471. The summed E-state index contributed by atoms with van der Waals surface area (Å²) in [6.07, 6.45) is 1.67. The van der Waals surface area contributed by atoms with Gasteiger partial charge in [0.05, 0.1) is 11.3 Å². The summed E-state index contributed by atoms with van der Waals surface area (Å²) in [7, 11) is 0. The Labute approximate surface area is 125 Å². The van der Waals surface area contributed by atoms with Crippen molar-refractivity contribution in [1.82, 2.24) is 9.78 Å². The lowest BCUT2D eigenvalue weighted by Crippen LogP contribution is -2.30. The molecule has 1 unspecified atom stereocenters. The van der Waals surface area contributed by atoms with E-state index < -0.39 is 5.60 Å². The summed E-state index contributed by atoms with van der Waals surface area (Å²) in [6.45, 7) is 6.69. The van der Waals surface area contributed by atoms with E-state index in [1.54, 1.807) is 18.2 Å². The van der Waals surface area contributed by atoms with E-state index in [4.69, 9.17) is 0 Å². The van der Waals surface area contributed by atoms with Crippen LogP contribution in [0.1, 0.15) is 44.1 Å². The molecule has 2 rings (SSSR count). The van der Waals surface area contributed by atoms with E-state index in [0.717, 1.165) is 24.4 Å². The Morgan fingerprint density at radius 2 is 1.95 bits per heavy atom. The highest BCUT2D eigenvalue weighted by atomic mass is 19.1. The maximum atomic E-state index is 14.0. The van der Waals surface area contributed by atoms with Crippen LogP contribution in [0.3, 0.4) is 0 Å². The van der Waals surface area contributed by atoms with Crippen molar-refractivity contribution in [3.8, 4) is 0 Å². The molecular weight excluding hydrogens is 267 g/mol. The molecular formula is C17H23FN2O. The molecule has 0 radical (unpaired) electrons. The molecule has 114 valence electrons. The summed E-state index contributed by atoms with van der Waals surface area (Å²) in [5, 5.41) is 15.4. The van der Waals surface area contributed by atoms with Crippen LogP contribution in [0.15, 0.2) is 30.3 Å². The van der Waals surface area contributed by atoms with Crippen LogP contribution in [-0.4, -0.2) is 14.9 Å². The lowest BCUT2D eigenvalue weighted by Gasteiger charge is -2.28. The molecule has 1 aromatic carbocycles. The maximum Gasteiger partial charge on any atom is 0.129 e. The van der Waals surface area contributed by atoms with Crippen molar-refractivity contribution in [3.05, 3.63) is 53.1 Å². The van der Waals surface area contributed by atoms with Crippen LogP contribution in [0.4, 0.5) is 4.39 Å². The minimum Gasteiger partial charge on any atom is -0.385 e. The van der Waals surface area contributed by atoms with Gasteiger partial charge in [-0.15, -0.1) is 0 Å². The van der Waals surface area contributed by atoms with Gasteiger partial charge in [-0.25, -0.2) is 4.39 Å². The topological polar surface area (TPSA) is 38.0 Å². The van der Waals surface area contributed by atoms with Gasteiger partial charge >= 0.3 is 0 Å². The van der Waals surface area contributed by atoms with Crippen LogP contribution in [0.25, 0.3) is 0 Å². The van der Waals surface area contributed by atoms with E-state index in [0.29, 0.717) is 18.4 Å². The van der Waals surface area contributed by atoms with Crippen molar-refractivity contribution in [1.29, 1.82) is 0 Å². The fourth-order valence-electron chi connectivity index (χ4n) is 2.65. The van der Waals surface area contributed by atoms with Gasteiger partial charge in [0, 0.05) is 24.2 Å². The smallest absolute Gasteiger partial charge is 0.129 e. The van der Waals surface area contributed by atoms with Gasteiger partial charge in [0.25, 0.3) is 0 Å². The zero-order chi connectivity index (χ0) is 15.5. The first kappa shape index (κ1) is 15.7. The Morgan fingerprint density at radius 1 is 1.24 bits per heavy atom. The summed E-state index contributed by atoms with van der Waals surface area (Å²) >= 11 is 0. The van der Waals surface area contributed by atoms with Crippen LogP contribution in [0, 0.1) is 5.82 Å². The molecule has 0 aliphatic heterocycles. The minimum atomic E-state index is -1.21. The van der Waals surface area contributed by atoms with E-state index >= 15 is 0 Å². The second-order valence-electron chi connectivity index (χ2n) is 5.34. The molecule has 0 fully saturated rings. The van der Waals surface area contributed by atoms with Gasteiger partial charge in [-0.1, -0.05) is 32.0 Å². The summed E-state index contributed by atoms with van der Waals surface area (Å²) in [5.74, 6) is -0.361. The predicted octanol–water partition coefficient (Wildman–Crippen LogP) is 3.44. The Kier molecular flexibility index (Phi) is 4.78. The second kappa shape index (κ2) is 6.39. The predicted molar refractivity (Wildman–Crippen MR) is 81.6 cm³/mol. The van der Waals surface area contributed by atoms with Gasteiger partial charge in [-0.2, -0.15) is 5.10 Å². The van der Waals surface area contributed by atoms with Crippen molar-refractivity contribution in [3.63, 3.8) is 0 Å². The lowest BCUT2D eigenvalue weighted by atomic mass is 9.86. The first-order valence-electron chi connectivity index (χ1n) is 7.57. The molecule has 0 amide bonds. The normalized spacial score (nSPS) is 14.1. The first-order chi connectivity index (χ1) is 10.0. The Hall–Kier alpha value is -1.68. The lowest BCUT2D eigenvalue weighted by molar-refractivity contribution is 0.0271. The quantitative estimate of drug-likeness (QED) is 0.885. The molecule has 21 heavy (non-hydrogen) atoms. The third kappa shape index (κ3) is 3.16. The van der Waals surface area contributed by atoms with Crippen molar-refractivity contribution in [2.75, 3.05) is 0 Å². The molecule has 1 aromatic heterocycles. The third-order valence-electron chi connectivity index (χ3n) is 4.01. The van der Waals surface area contributed by atoms with Crippen LogP contribution in [0.5, 0.6) is 0 Å². The number of benzene rings is 1. The molecule has 2 aromatic rings. The zero-order valence-corrected chi connectivity index (χ0v) is 12.9. The Morgan fingerprint density at radius 3 is 2.52 bits per heavy atom. The molecule has 0 aliphatic rings. The number of halogens is 1. The van der Waals surface area contributed by atoms with Crippen LogP contribution >= 0.6 is 0 Å². The van der Waals surface area contributed by atoms with E-state index in [1.807, 2.05) is 24.6 Å². The summed E-state index contributed by atoms with van der Waals surface area (Å²) in [4.78, 5) is 0. The summed E-state index contributed by atoms with van der Waals surface area (Å²) in [5.41, 5.74) is 1.10. The molecule has 0 saturated heterocycles. The third-order valence-corrected chi connectivity index (χ3v) is 4.01. The summed E-state index contributed by atoms with van der Waals surface area (Å²) in [6, 6.07) is 8.45. The van der Waals surface area contributed by atoms with Crippen molar-refractivity contribution < 1.29 is 9.50 Å². The van der Waals surface area contributed by atoms with E-state index in [9.17, 15) is 9.50 Å². The number of hydrogen-bond donors (Lipinski definition) is 1. The number of nitrogens with zero attached hydrogens (tertiary/aromatic N) is 2. The molecule has 3 nitrogen and oxygen atoms in total. The number of aliphatic hydroxyl groups is 1. The number of hydrogen-bond acceptors (Lipinski definition) is 2. The Bertz CT molecular complexity index is 609. The molecule has 0 aliphatic carbocycles. The van der Waals surface area contributed by atoms with Gasteiger partial charge in [0.1, 0.15) is 5.82 Å². The van der Waals surface area contributed by atoms with E-state index in [-0.39, 0.29) is 5.82 Å². The molecule has 0 spiro atoms. The molecule has 1 atom stereocenters. The van der Waals surface area contributed by atoms with Gasteiger partial charge < -0.3 is 5.11 Å². The van der Waals surface area contributed by atoms with Gasteiger partial charge in [-0.05, 0) is 31.9 Å².